The Morgan fingerprint density at radius 1 is 1.12 bits per heavy atom. The molecule has 0 unspecified atom stereocenters. The molecule has 2 saturated heterocycles. The van der Waals surface area contributed by atoms with Crippen molar-refractivity contribution in [2.24, 2.45) is 5.92 Å². The maximum atomic E-state index is 12.8. The Bertz CT molecular complexity index is 760. The second kappa shape index (κ2) is 7.71. The Morgan fingerprint density at radius 3 is 2.46 bits per heavy atom. The van der Waals surface area contributed by atoms with Crippen molar-refractivity contribution in [3.05, 3.63) is 24.5 Å². The fraction of sp³-hybridized carbons (Fsp3) is 0.588. The zero-order valence-corrected chi connectivity index (χ0v) is 15.3. The number of sulfonamides is 1. The van der Waals surface area contributed by atoms with Gasteiger partial charge in [0, 0.05) is 37.9 Å². The number of carbonyl (C=O) groups is 2. The van der Waals surface area contributed by atoms with Crippen molar-refractivity contribution in [1.82, 2.24) is 14.2 Å². The van der Waals surface area contributed by atoms with Gasteiger partial charge in [0.2, 0.25) is 15.9 Å². The summed E-state index contributed by atoms with van der Waals surface area (Å²) in [6.45, 7) is 0.961. The number of nitrogens with zero attached hydrogens (tertiary/aromatic N) is 3. The molecular formula is C17H23N3O5S. The number of piperidine rings is 2. The first-order chi connectivity index (χ1) is 12.4. The first-order valence-electron chi connectivity index (χ1n) is 8.84. The van der Waals surface area contributed by atoms with Gasteiger partial charge in [-0.1, -0.05) is 0 Å². The Labute approximate surface area is 152 Å². The van der Waals surface area contributed by atoms with Crippen LogP contribution in [-0.4, -0.2) is 65.3 Å². The minimum Gasteiger partial charge on any atom is -0.480 e. The average molecular weight is 381 g/mol. The smallest absolute Gasteiger partial charge is 0.326 e. The summed E-state index contributed by atoms with van der Waals surface area (Å²) >= 11 is 0. The van der Waals surface area contributed by atoms with Gasteiger partial charge in [-0.05, 0) is 44.2 Å². The van der Waals surface area contributed by atoms with E-state index in [1.165, 1.54) is 27.7 Å². The number of rotatable bonds is 4. The summed E-state index contributed by atoms with van der Waals surface area (Å²) in [5, 5.41) is 9.34. The van der Waals surface area contributed by atoms with Gasteiger partial charge in [0.25, 0.3) is 0 Å². The molecule has 1 atom stereocenters. The number of carboxylic acids is 1. The van der Waals surface area contributed by atoms with Crippen molar-refractivity contribution in [2.45, 2.75) is 43.0 Å². The number of hydrogen-bond donors (Lipinski definition) is 1. The van der Waals surface area contributed by atoms with Gasteiger partial charge in [-0.25, -0.2) is 13.2 Å². The first kappa shape index (κ1) is 18.8. The normalized spacial score (nSPS) is 22.9. The van der Waals surface area contributed by atoms with Crippen LogP contribution in [0.1, 0.15) is 32.1 Å². The Kier molecular flexibility index (Phi) is 5.57. The molecule has 1 aromatic heterocycles. The molecular weight excluding hydrogens is 358 g/mol. The lowest BCUT2D eigenvalue weighted by Crippen LogP contribution is -2.52. The maximum absolute atomic E-state index is 12.8. The lowest BCUT2D eigenvalue weighted by Gasteiger charge is -2.38. The van der Waals surface area contributed by atoms with Crippen LogP contribution >= 0.6 is 0 Å². The molecule has 0 radical (unpaired) electrons. The highest BCUT2D eigenvalue weighted by molar-refractivity contribution is 7.89. The molecule has 1 amide bonds. The standard InChI is InChI=1S/C17H23N3O5S/c21-16(20-9-2-1-5-15(20)17(22)23)13-6-10-19(11-7-13)26(24,25)14-4-3-8-18-12-14/h3-4,8,12-13,15H,1-2,5-7,9-11H2,(H,22,23)/t15-/m1/s1. The van der Waals surface area contributed by atoms with Crippen LogP contribution in [0.2, 0.25) is 0 Å². The lowest BCUT2D eigenvalue weighted by molar-refractivity contribution is -0.154. The highest BCUT2D eigenvalue weighted by Crippen LogP contribution is 2.27. The van der Waals surface area contributed by atoms with E-state index in [0.717, 1.165) is 12.8 Å². The average Bonchev–Trinajstić information content (AvgIpc) is 2.68. The van der Waals surface area contributed by atoms with Crippen LogP contribution < -0.4 is 0 Å². The van der Waals surface area contributed by atoms with Gasteiger partial charge in [-0.3, -0.25) is 9.78 Å². The van der Waals surface area contributed by atoms with Crippen molar-refractivity contribution in [2.75, 3.05) is 19.6 Å². The number of carboxylic acid groups (broad SMARTS) is 1. The molecule has 142 valence electrons. The molecule has 1 N–H and O–H groups in total. The summed E-state index contributed by atoms with van der Waals surface area (Å²) in [5.41, 5.74) is 0. The third kappa shape index (κ3) is 3.73. The van der Waals surface area contributed by atoms with Crippen LogP contribution in [0.3, 0.4) is 0 Å². The molecule has 2 aliphatic rings. The molecule has 0 saturated carbocycles. The largest absolute Gasteiger partial charge is 0.480 e. The minimum absolute atomic E-state index is 0.145. The van der Waals surface area contributed by atoms with E-state index in [1.807, 2.05) is 0 Å². The van der Waals surface area contributed by atoms with Crippen molar-refractivity contribution in [1.29, 1.82) is 0 Å². The monoisotopic (exact) mass is 381 g/mol. The second-order valence-corrected chi connectivity index (χ2v) is 8.69. The SMILES string of the molecule is O=C(O)[C@H]1CCCCN1C(=O)C1CCN(S(=O)(=O)c2cccnc2)CC1. The van der Waals surface area contributed by atoms with E-state index < -0.39 is 22.0 Å². The van der Waals surface area contributed by atoms with E-state index in [-0.39, 0.29) is 29.8 Å². The zero-order chi connectivity index (χ0) is 18.7. The molecule has 0 aliphatic carbocycles. The zero-order valence-electron chi connectivity index (χ0n) is 14.5. The fourth-order valence-electron chi connectivity index (χ4n) is 3.68. The third-order valence-corrected chi connectivity index (χ3v) is 7.03. The molecule has 2 aliphatic heterocycles. The predicted octanol–water partition coefficient (Wildman–Crippen LogP) is 0.948. The van der Waals surface area contributed by atoms with Gasteiger partial charge in [0.05, 0.1) is 0 Å². The molecule has 3 rings (SSSR count). The van der Waals surface area contributed by atoms with Crippen LogP contribution in [0, 0.1) is 5.92 Å². The van der Waals surface area contributed by atoms with Gasteiger partial charge in [-0.2, -0.15) is 4.31 Å². The number of pyridine rings is 1. The first-order valence-corrected chi connectivity index (χ1v) is 10.3. The minimum atomic E-state index is -3.61. The number of aromatic nitrogens is 1. The molecule has 26 heavy (non-hydrogen) atoms. The Balaban J connectivity index is 1.65. The van der Waals surface area contributed by atoms with E-state index in [4.69, 9.17) is 0 Å². The predicted molar refractivity (Wildman–Crippen MR) is 92.7 cm³/mol. The van der Waals surface area contributed by atoms with Crippen molar-refractivity contribution >= 4 is 21.9 Å². The summed E-state index contributed by atoms with van der Waals surface area (Å²) in [6, 6.07) is 2.32. The van der Waals surface area contributed by atoms with E-state index in [1.54, 1.807) is 6.07 Å². The molecule has 0 spiro atoms. The van der Waals surface area contributed by atoms with Crippen LogP contribution in [-0.2, 0) is 19.6 Å². The van der Waals surface area contributed by atoms with E-state index in [9.17, 15) is 23.1 Å². The topological polar surface area (TPSA) is 108 Å². The van der Waals surface area contributed by atoms with Crippen LogP contribution in [0.25, 0.3) is 0 Å². The molecule has 8 nitrogen and oxygen atoms in total. The number of carbonyl (C=O) groups excluding carboxylic acids is 1. The van der Waals surface area contributed by atoms with E-state index >= 15 is 0 Å². The molecule has 0 aromatic carbocycles. The highest BCUT2D eigenvalue weighted by Gasteiger charge is 2.38. The van der Waals surface area contributed by atoms with E-state index in [2.05, 4.69) is 4.98 Å². The molecule has 2 fully saturated rings. The summed E-state index contributed by atoms with van der Waals surface area (Å²) in [4.78, 5) is 29.7. The third-order valence-electron chi connectivity index (χ3n) is 5.15. The number of hydrogen-bond acceptors (Lipinski definition) is 5. The molecule has 0 bridgehead atoms. The number of likely N-dealkylation sites (tertiary alicyclic amines) is 1. The van der Waals surface area contributed by atoms with Crippen LogP contribution in [0.5, 0.6) is 0 Å². The molecule has 9 heteroatoms. The van der Waals surface area contributed by atoms with Gasteiger partial charge >= 0.3 is 5.97 Å². The molecule has 3 heterocycles. The maximum Gasteiger partial charge on any atom is 0.326 e. The highest BCUT2D eigenvalue weighted by atomic mass is 32.2. The Morgan fingerprint density at radius 2 is 1.85 bits per heavy atom. The lowest BCUT2D eigenvalue weighted by atomic mass is 9.93. The van der Waals surface area contributed by atoms with Gasteiger partial charge < -0.3 is 10.0 Å². The van der Waals surface area contributed by atoms with E-state index in [0.29, 0.717) is 25.8 Å². The van der Waals surface area contributed by atoms with Gasteiger partial charge in [0.1, 0.15) is 10.9 Å². The van der Waals surface area contributed by atoms with Gasteiger partial charge in [-0.15, -0.1) is 0 Å². The summed E-state index contributed by atoms with van der Waals surface area (Å²) < 4.78 is 26.6. The fourth-order valence-corrected chi connectivity index (χ4v) is 5.11. The van der Waals surface area contributed by atoms with Crippen molar-refractivity contribution in [3.63, 3.8) is 0 Å². The van der Waals surface area contributed by atoms with Crippen LogP contribution in [0.15, 0.2) is 29.4 Å². The van der Waals surface area contributed by atoms with Crippen LogP contribution in [0.4, 0.5) is 0 Å². The van der Waals surface area contributed by atoms with Crippen molar-refractivity contribution < 1.29 is 23.1 Å². The number of amides is 1. The second-order valence-electron chi connectivity index (χ2n) is 6.75. The quantitative estimate of drug-likeness (QED) is 0.832. The summed E-state index contributed by atoms with van der Waals surface area (Å²) in [6.07, 6.45) is 5.74. The molecule has 1 aromatic rings. The van der Waals surface area contributed by atoms with Gasteiger partial charge in [0.15, 0.2) is 0 Å². The summed E-state index contributed by atoms with van der Waals surface area (Å²) in [5.74, 6) is -1.44. The summed E-state index contributed by atoms with van der Waals surface area (Å²) in [7, 11) is -3.61. The van der Waals surface area contributed by atoms with Crippen molar-refractivity contribution in [3.8, 4) is 0 Å². The Hall–Kier alpha value is -2.00. The number of aliphatic carboxylic acids is 1.